The second-order valence-electron chi connectivity index (χ2n) is 7.96. The predicted octanol–water partition coefficient (Wildman–Crippen LogP) is 2.51. The molecule has 2 unspecified atom stereocenters. The number of hydrogen-bond donors (Lipinski definition) is 1. The largest absolute Gasteiger partial charge is 0.368 e. The van der Waals surface area contributed by atoms with E-state index >= 15 is 0 Å². The van der Waals surface area contributed by atoms with Crippen LogP contribution in [0.5, 0.6) is 0 Å². The summed E-state index contributed by atoms with van der Waals surface area (Å²) in [6, 6.07) is 10.4. The van der Waals surface area contributed by atoms with Gasteiger partial charge in [0.1, 0.15) is 0 Å². The maximum Gasteiger partial charge on any atom is 0.242 e. The maximum atomic E-state index is 12.6. The summed E-state index contributed by atoms with van der Waals surface area (Å²) < 4.78 is 0. The highest BCUT2D eigenvalue weighted by Gasteiger charge is 2.25. The zero-order valence-electron chi connectivity index (χ0n) is 17.3. The highest BCUT2D eigenvalue weighted by Crippen LogP contribution is 2.21. The van der Waals surface area contributed by atoms with Crippen LogP contribution >= 0.6 is 24.0 Å². The van der Waals surface area contributed by atoms with Crippen molar-refractivity contribution in [2.24, 2.45) is 16.8 Å². The molecule has 2 saturated heterocycles. The topological polar surface area (TPSA) is 51.2 Å². The van der Waals surface area contributed by atoms with E-state index in [1.54, 1.807) is 7.05 Å². The van der Waals surface area contributed by atoms with Crippen LogP contribution in [0.3, 0.4) is 0 Å². The average Bonchev–Trinajstić information content (AvgIpc) is 2.68. The molecule has 1 aromatic rings. The number of piperazine rings is 1. The zero-order chi connectivity index (χ0) is 19.2. The molecule has 2 aliphatic rings. The minimum absolute atomic E-state index is 0. The molecule has 0 saturated carbocycles. The number of nitrogens with one attached hydrogen (secondary N) is 1. The molecular weight excluding hydrogens is 465 g/mol. The molecule has 2 heterocycles. The number of rotatable bonds is 3. The fourth-order valence-electron chi connectivity index (χ4n) is 4.29. The molecule has 1 N–H and O–H groups in total. The quantitative estimate of drug-likeness (QED) is 0.395. The summed E-state index contributed by atoms with van der Waals surface area (Å²) in [5.41, 5.74) is 1.23. The lowest BCUT2D eigenvalue weighted by atomic mass is 9.92. The monoisotopic (exact) mass is 499 g/mol. The van der Waals surface area contributed by atoms with Crippen LogP contribution in [0.25, 0.3) is 0 Å². The Labute approximate surface area is 186 Å². The molecule has 2 fully saturated rings. The standard InChI is InChI=1S/C21H33N5O.HI/c1-17-13-18(2)16-26(15-17)21(22-3)23-14-20(27)25-11-9-24(10-12-25)19-7-5-4-6-8-19;/h4-8,17-18H,9-16H2,1-3H3,(H,22,23);1H. The minimum Gasteiger partial charge on any atom is -0.368 e. The Hall–Kier alpha value is -1.51. The number of hydrogen-bond acceptors (Lipinski definition) is 3. The first-order chi connectivity index (χ1) is 13.1. The van der Waals surface area contributed by atoms with E-state index in [2.05, 4.69) is 58.2 Å². The fraction of sp³-hybridized carbons (Fsp3) is 0.619. The number of halogens is 1. The van der Waals surface area contributed by atoms with Gasteiger partial charge in [-0.3, -0.25) is 9.79 Å². The second kappa shape index (κ2) is 10.9. The molecule has 0 bridgehead atoms. The van der Waals surface area contributed by atoms with Crippen molar-refractivity contribution in [1.82, 2.24) is 15.1 Å². The number of benzene rings is 1. The van der Waals surface area contributed by atoms with E-state index in [0.29, 0.717) is 18.4 Å². The predicted molar refractivity (Wildman–Crippen MR) is 127 cm³/mol. The summed E-state index contributed by atoms with van der Waals surface area (Å²) in [7, 11) is 1.80. The molecule has 3 rings (SSSR count). The van der Waals surface area contributed by atoms with E-state index in [1.807, 2.05) is 11.0 Å². The van der Waals surface area contributed by atoms with Crippen LogP contribution in [0.4, 0.5) is 5.69 Å². The Morgan fingerprint density at radius 2 is 1.64 bits per heavy atom. The number of aliphatic imine (C=N–C) groups is 1. The molecule has 0 aliphatic carbocycles. The van der Waals surface area contributed by atoms with E-state index in [1.165, 1.54) is 12.1 Å². The van der Waals surface area contributed by atoms with Crippen molar-refractivity contribution in [2.75, 3.05) is 57.8 Å². The number of piperidine rings is 1. The number of para-hydroxylation sites is 1. The van der Waals surface area contributed by atoms with Gasteiger partial charge in [-0.1, -0.05) is 32.0 Å². The molecule has 0 spiro atoms. The second-order valence-corrected chi connectivity index (χ2v) is 7.96. The van der Waals surface area contributed by atoms with Crippen LogP contribution in [0, 0.1) is 11.8 Å². The summed E-state index contributed by atoms with van der Waals surface area (Å²) in [4.78, 5) is 23.6. The molecule has 2 aliphatic heterocycles. The summed E-state index contributed by atoms with van der Waals surface area (Å²) in [5.74, 6) is 2.33. The van der Waals surface area contributed by atoms with Crippen molar-refractivity contribution in [3.8, 4) is 0 Å². The van der Waals surface area contributed by atoms with E-state index < -0.39 is 0 Å². The van der Waals surface area contributed by atoms with Gasteiger partial charge in [-0.05, 0) is 30.4 Å². The van der Waals surface area contributed by atoms with Crippen molar-refractivity contribution < 1.29 is 4.79 Å². The van der Waals surface area contributed by atoms with E-state index in [-0.39, 0.29) is 29.9 Å². The molecule has 156 valence electrons. The number of likely N-dealkylation sites (tertiary alicyclic amines) is 1. The Morgan fingerprint density at radius 1 is 1.04 bits per heavy atom. The fourth-order valence-corrected chi connectivity index (χ4v) is 4.29. The smallest absolute Gasteiger partial charge is 0.242 e. The van der Waals surface area contributed by atoms with E-state index in [9.17, 15) is 4.79 Å². The van der Waals surface area contributed by atoms with Crippen molar-refractivity contribution in [2.45, 2.75) is 20.3 Å². The van der Waals surface area contributed by atoms with Gasteiger partial charge in [0.25, 0.3) is 0 Å². The van der Waals surface area contributed by atoms with Crippen molar-refractivity contribution in [1.29, 1.82) is 0 Å². The van der Waals surface area contributed by atoms with Gasteiger partial charge < -0.3 is 20.0 Å². The number of anilines is 1. The first-order valence-corrected chi connectivity index (χ1v) is 10.1. The SMILES string of the molecule is CN=C(NCC(=O)N1CCN(c2ccccc2)CC1)N1CC(C)CC(C)C1.I. The van der Waals surface area contributed by atoms with Crippen LogP contribution in [-0.2, 0) is 4.79 Å². The lowest BCUT2D eigenvalue weighted by Gasteiger charge is -2.38. The molecule has 1 aromatic carbocycles. The van der Waals surface area contributed by atoms with Gasteiger partial charge in [0, 0.05) is 52.0 Å². The number of carbonyl (C=O) groups is 1. The van der Waals surface area contributed by atoms with Crippen LogP contribution in [0.1, 0.15) is 20.3 Å². The molecule has 0 aromatic heterocycles. The van der Waals surface area contributed by atoms with Gasteiger partial charge in [0.2, 0.25) is 5.91 Å². The summed E-state index contributed by atoms with van der Waals surface area (Å²) in [6.45, 7) is 10.2. The van der Waals surface area contributed by atoms with Gasteiger partial charge in [0.05, 0.1) is 6.54 Å². The van der Waals surface area contributed by atoms with Crippen LogP contribution in [-0.4, -0.2) is 74.5 Å². The zero-order valence-corrected chi connectivity index (χ0v) is 19.6. The third-order valence-electron chi connectivity index (χ3n) is 5.53. The lowest BCUT2D eigenvalue weighted by Crippen LogP contribution is -2.53. The summed E-state index contributed by atoms with van der Waals surface area (Å²) in [5, 5.41) is 3.29. The van der Waals surface area contributed by atoms with Crippen molar-refractivity contribution >= 4 is 41.5 Å². The van der Waals surface area contributed by atoms with Gasteiger partial charge in [-0.25, -0.2) is 0 Å². The van der Waals surface area contributed by atoms with Crippen molar-refractivity contribution in [3.63, 3.8) is 0 Å². The summed E-state index contributed by atoms with van der Waals surface area (Å²) in [6.07, 6.45) is 1.26. The first-order valence-electron chi connectivity index (χ1n) is 10.1. The molecule has 28 heavy (non-hydrogen) atoms. The lowest BCUT2D eigenvalue weighted by molar-refractivity contribution is -0.130. The number of carbonyl (C=O) groups excluding carboxylic acids is 1. The molecular formula is C21H34IN5O. The van der Waals surface area contributed by atoms with Gasteiger partial charge in [0.15, 0.2) is 5.96 Å². The molecule has 1 amide bonds. The van der Waals surface area contributed by atoms with Crippen LogP contribution in [0.15, 0.2) is 35.3 Å². The Bertz CT molecular complexity index is 635. The average molecular weight is 499 g/mol. The highest BCUT2D eigenvalue weighted by atomic mass is 127. The first kappa shape index (κ1) is 22.8. The van der Waals surface area contributed by atoms with Gasteiger partial charge in [-0.15, -0.1) is 24.0 Å². The third kappa shape index (κ3) is 5.99. The molecule has 2 atom stereocenters. The number of amides is 1. The third-order valence-corrected chi connectivity index (χ3v) is 5.53. The number of nitrogens with zero attached hydrogens (tertiary/aromatic N) is 4. The Morgan fingerprint density at radius 3 is 2.21 bits per heavy atom. The van der Waals surface area contributed by atoms with Crippen molar-refractivity contribution in [3.05, 3.63) is 30.3 Å². The molecule has 7 heteroatoms. The van der Waals surface area contributed by atoms with E-state index in [0.717, 1.165) is 45.2 Å². The normalized spacial score (nSPS) is 23.2. The molecule has 0 radical (unpaired) electrons. The highest BCUT2D eigenvalue weighted by molar-refractivity contribution is 14.0. The molecule has 6 nitrogen and oxygen atoms in total. The Balaban J connectivity index is 0.00000280. The van der Waals surface area contributed by atoms with Gasteiger partial charge in [-0.2, -0.15) is 0 Å². The van der Waals surface area contributed by atoms with Crippen LogP contribution in [0.2, 0.25) is 0 Å². The van der Waals surface area contributed by atoms with Gasteiger partial charge >= 0.3 is 0 Å². The number of guanidine groups is 1. The summed E-state index contributed by atoms with van der Waals surface area (Å²) >= 11 is 0. The van der Waals surface area contributed by atoms with E-state index in [4.69, 9.17) is 0 Å². The maximum absolute atomic E-state index is 12.6. The van der Waals surface area contributed by atoms with Crippen LogP contribution < -0.4 is 10.2 Å². The Kier molecular flexibility index (Phi) is 8.85. The minimum atomic E-state index is 0.